The zero-order valence-corrected chi connectivity index (χ0v) is 8.17. The quantitative estimate of drug-likeness (QED) is 0.537. The van der Waals surface area contributed by atoms with Crippen LogP contribution in [-0.4, -0.2) is 26.0 Å². The van der Waals surface area contributed by atoms with Crippen molar-refractivity contribution in [1.29, 1.82) is 0 Å². The maximum Gasteiger partial charge on any atom is 0.303 e. The van der Waals surface area contributed by atoms with Crippen LogP contribution in [-0.2, 0) is 15.0 Å². The molecule has 0 saturated carbocycles. The van der Waals surface area contributed by atoms with Crippen molar-refractivity contribution in [2.75, 3.05) is 6.54 Å². The van der Waals surface area contributed by atoms with E-state index < -0.39 is 16.2 Å². The third-order valence-corrected chi connectivity index (χ3v) is 2.18. The Balaban J connectivity index is 3.93. The van der Waals surface area contributed by atoms with Gasteiger partial charge in [0.05, 0.1) is 0 Å². The number of carbonyl (C=O) groups is 1. The molecule has 0 aliphatic carbocycles. The molecule has 78 valence electrons. The van der Waals surface area contributed by atoms with Gasteiger partial charge in [-0.25, -0.2) is 9.86 Å². The zero-order chi connectivity index (χ0) is 10.5. The lowest BCUT2D eigenvalue weighted by Crippen LogP contribution is -2.35. The van der Waals surface area contributed by atoms with Gasteiger partial charge in [-0.05, 0) is 5.92 Å². The second kappa shape index (κ2) is 5.15. The zero-order valence-electron chi connectivity index (χ0n) is 7.36. The van der Waals surface area contributed by atoms with Crippen LogP contribution in [0.4, 0.5) is 0 Å². The molecule has 0 aromatic carbocycles. The standard InChI is InChI=1S/C6H14N2O4S/c1-2-5(3-6(9)10)4-8-13(7,11)12/h5,8H,2-4H2,1H3,(H,9,10)(H2,7,11,12). The Morgan fingerprint density at radius 3 is 2.46 bits per heavy atom. The van der Waals surface area contributed by atoms with E-state index in [1.165, 1.54) is 0 Å². The first kappa shape index (κ1) is 12.3. The molecular formula is C6H14N2O4S. The number of carboxylic acid groups (broad SMARTS) is 1. The largest absolute Gasteiger partial charge is 0.481 e. The van der Waals surface area contributed by atoms with Crippen LogP contribution in [0.3, 0.4) is 0 Å². The highest BCUT2D eigenvalue weighted by atomic mass is 32.2. The average molecular weight is 210 g/mol. The maximum atomic E-state index is 10.5. The molecule has 0 radical (unpaired) electrons. The number of nitrogens with one attached hydrogen (secondary N) is 1. The minimum absolute atomic E-state index is 0.0565. The van der Waals surface area contributed by atoms with Gasteiger partial charge in [-0.1, -0.05) is 13.3 Å². The predicted molar refractivity (Wildman–Crippen MR) is 47.1 cm³/mol. The summed E-state index contributed by atoms with van der Waals surface area (Å²) in [5, 5.41) is 13.1. The van der Waals surface area contributed by atoms with E-state index in [0.717, 1.165) is 0 Å². The van der Waals surface area contributed by atoms with Crippen molar-refractivity contribution in [2.45, 2.75) is 19.8 Å². The minimum atomic E-state index is -3.71. The van der Waals surface area contributed by atoms with Crippen LogP contribution in [0.2, 0.25) is 0 Å². The van der Waals surface area contributed by atoms with Gasteiger partial charge in [-0.2, -0.15) is 8.42 Å². The van der Waals surface area contributed by atoms with Crippen molar-refractivity contribution in [3.8, 4) is 0 Å². The summed E-state index contributed by atoms with van der Waals surface area (Å²) in [6.07, 6.45) is 0.536. The summed E-state index contributed by atoms with van der Waals surface area (Å²) in [5.41, 5.74) is 0. The molecule has 0 heterocycles. The molecule has 0 spiro atoms. The fourth-order valence-electron chi connectivity index (χ4n) is 0.842. The van der Waals surface area contributed by atoms with E-state index >= 15 is 0 Å². The molecule has 13 heavy (non-hydrogen) atoms. The van der Waals surface area contributed by atoms with Crippen molar-refractivity contribution in [2.24, 2.45) is 11.1 Å². The summed E-state index contributed by atoms with van der Waals surface area (Å²) in [5.74, 6) is -1.15. The van der Waals surface area contributed by atoms with E-state index in [1.807, 2.05) is 0 Å². The third-order valence-electron chi connectivity index (χ3n) is 1.61. The van der Waals surface area contributed by atoms with Crippen molar-refractivity contribution < 1.29 is 18.3 Å². The summed E-state index contributed by atoms with van der Waals surface area (Å²) in [7, 11) is -3.71. The number of hydrogen-bond acceptors (Lipinski definition) is 3. The highest BCUT2D eigenvalue weighted by molar-refractivity contribution is 7.87. The van der Waals surface area contributed by atoms with Crippen LogP contribution in [0.1, 0.15) is 19.8 Å². The first-order chi connectivity index (χ1) is 5.85. The Bertz CT molecular complexity index is 262. The van der Waals surface area contributed by atoms with Gasteiger partial charge in [0.25, 0.3) is 10.2 Å². The van der Waals surface area contributed by atoms with Gasteiger partial charge in [0.2, 0.25) is 0 Å². The van der Waals surface area contributed by atoms with E-state index in [1.54, 1.807) is 6.92 Å². The van der Waals surface area contributed by atoms with Crippen molar-refractivity contribution in [3.05, 3.63) is 0 Å². The highest BCUT2D eigenvalue weighted by Gasteiger charge is 2.12. The maximum absolute atomic E-state index is 10.5. The first-order valence-corrected chi connectivity index (χ1v) is 5.39. The predicted octanol–water partition coefficient (Wildman–Crippen LogP) is -0.720. The molecule has 0 aromatic heterocycles. The molecule has 7 heteroatoms. The van der Waals surface area contributed by atoms with E-state index in [-0.39, 0.29) is 18.9 Å². The number of rotatable bonds is 6. The molecule has 0 aliphatic rings. The topological polar surface area (TPSA) is 109 Å². The number of hydrogen-bond donors (Lipinski definition) is 3. The van der Waals surface area contributed by atoms with E-state index in [2.05, 4.69) is 9.86 Å². The molecular weight excluding hydrogens is 196 g/mol. The van der Waals surface area contributed by atoms with Gasteiger partial charge in [-0.15, -0.1) is 0 Å². The number of aliphatic carboxylic acids is 1. The van der Waals surface area contributed by atoms with Crippen LogP contribution in [0.25, 0.3) is 0 Å². The van der Waals surface area contributed by atoms with Crippen LogP contribution in [0.5, 0.6) is 0 Å². The van der Waals surface area contributed by atoms with Crippen LogP contribution >= 0.6 is 0 Å². The highest BCUT2D eigenvalue weighted by Crippen LogP contribution is 2.06. The van der Waals surface area contributed by atoms with E-state index in [4.69, 9.17) is 5.11 Å². The molecule has 6 nitrogen and oxygen atoms in total. The van der Waals surface area contributed by atoms with Gasteiger partial charge in [0, 0.05) is 13.0 Å². The summed E-state index contributed by atoms with van der Waals surface area (Å²) in [6.45, 7) is 1.86. The summed E-state index contributed by atoms with van der Waals surface area (Å²) < 4.78 is 23.0. The fraction of sp³-hybridized carbons (Fsp3) is 0.833. The lowest BCUT2D eigenvalue weighted by atomic mass is 10.0. The Hall–Kier alpha value is -0.660. The monoisotopic (exact) mass is 210 g/mol. The van der Waals surface area contributed by atoms with Gasteiger partial charge in [0.1, 0.15) is 0 Å². The molecule has 4 N–H and O–H groups in total. The lowest BCUT2D eigenvalue weighted by molar-refractivity contribution is -0.138. The molecule has 0 bridgehead atoms. The smallest absolute Gasteiger partial charge is 0.303 e. The van der Waals surface area contributed by atoms with E-state index in [9.17, 15) is 13.2 Å². The van der Waals surface area contributed by atoms with Gasteiger partial charge >= 0.3 is 5.97 Å². The molecule has 1 unspecified atom stereocenters. The molecule has 0 amide bonds. The van der Waals surface area contributed by atoms with Gasteiger partial charge in [0.15, 0.2) is 0 Å². The molecule has 0 fully saturated rings. The lowest BCUT2D eigenvalue weighted by Gasteiger charge is -2.11. The van der Waals surface area contributed by atoms with Gasteiger partial charge in [-0.3, -0.25) is 4.79 Å². The molecule has 1 atom stereocenters. The summed E-state index contributed by atoms with van der Waals surface area (Å²) in [4.78, 5) is 10.3. The van der Waals surface area contributed by atoms with Crippen LogP contribution < -0.4 is 9.86 Å². The average Bonchev–Trinajstić information content (AvgIpc) is 1.95. The normalized spacial score (nSPS) is 14.0. The second-order valence-corrected chi connectivity index (χ2v) is 4.14. The summed E-state index contributed by atoms with van der Waals surface area (Å²) in [6, 6.07) is 0. The molecule has 0 aliphatic heterocycles. The number of carboxylic acids is 1. The van der Waals surface area contributed by atoms with Crippen LogP contribution in [0.15, 0.2) is 0 Å². The van der Waals surface area contributed by atoms with Gasteiger partial charge < -0.3 is 5.11 Å². The Labute approximate surface area is 77.3 Å². The Morgan fingerprint density at radius 2 is 2.15 bits per heavy atom. The van der Waals surface area contributed by atoms with Crippen molar-refractivity contribution >= 4 is 16.2 Å². The Morgan fingerprint density at radius 1 is 1.62 bits per heavy atom. The summed E-state index contributed by atoms with van der Waals surface area (Å²) >= 11 is 0. The fourth-order valence-corrected chi connectivity index (χ4v) is 1.31. The number of nitrogens with two attached hydrogens (primary N) is 1. The minimum Gasteiger partial charge on any atom is -0.481 e. The molecule has 0 saturated heterocycles. The first-order valence-electron chi connectivity index (χ1n) is 3.84. The van der Waals surface area contributed by atoms with Crippen LogP contribution in [0, 0.1) is 5.92 Å². The van der Waals surface area contributed by atoms with E-state index in [0.29, 0.717) is 6.42 Å². The van der Waals surface area contributed by atoms with Crippen molar-refractivity contribution in [3.63, 3.8) is 0 Å². The SMILES string of the molecule is CCC(CNS(N)(=O)=O)CC(=O)O. The third kappa shape index (κ3) is 7.69. The molecule has 0 rings (SSSR count). The van der Waals surface area contributed by atoms with Crippen molar-refractivity contribution in [1.82, 2.24) is 4.72 Å². The Kier molecular flexibility index (Phi) is 4.89. The second-order valence-electron chi connectivity index (χ2n) is 2.77. The molecule has 0 aromatic rings.